The number of likely N-dealkylation sites (N-methyl/N-ethyl adjacent to an activating group) is 6. The zero-order valence-corrected chi connectivity index (χ0v) is 103. The maximum atomic E-state index is 5.54. The van der Waals surface area contributed by atoms with Crippen LogP contribution in [0.5, 0.6) is 0 Å². The van der Waals surface area contributed by atoms with E-state index in [4.69, 9.17) is 213 Å². The van der Waals surface area contributed by atoms with Crippen molar-refractivity contribution in [1.82, 2.24) is 25.8 Å². The Labute approximate surface area is 908 Å². The highest BCUT2D eigenvalue weighted by Gasteiger charge is 2.35. The van der Waals surface area contributed by atoms with Gasteiger partial charge in [-0.1, -0.05) is 389 Å². The molecule has 0 saturated heterocycles. The Balaban J connectivity index is 0.000000779. The van der Waals surface area contributed by atoms with Crippen LogP contribution in [0.3, 0.4) is 0 Å². The normalized spacial score (nSPS) is 12.1. The predicted octanol–water partition coefficient (Wildman–Crippen LogP) is 27.9. The van der Waals surface area contributed by atoms with E-state index in [1.807, 2.05) is 28.2 Å². The van der Waals surface area contributed by atoms with E-state index in [2.05, 4.69) is 295 Å². The molecule has 0 bridgehead atoms. The average molecular weight is 2160 g/mol. The number of nitrogens with two attached hydrogens (primary N) is 3. The first-order valence-corrected chi connectivity index (χ1v) is 54.9. The third-order valence-electron chi connectivity index (χ3n) is 23.4. The topological polar surface area (TPSA) is 164 Å². The Morgan fingerprint density at radius 1 is 0.213 bits per heavy atom. The maximum absolute atomic E-state index is 5.54. The molecule has 136 heavy (non-hydrogen) atoms. The molecule has 11 N–H and O–H groups in total. The Bertz CT molecular complexity index is 5600. The fraction of sp³-hybridized carbons (Fsp3) is 0.692. The lowest BCUT2D eigenvalue weighted by Gasteiger charge is -2.33. The van der Waals surface area contributed by atoms with Crippen molar-refractivity contribution >= 4 is 241 Å². The van der Waals surface area contributed by atoms with Crippen LogP contribution < -0.4 is 73.2 Å². The first kappa shape index (κ1) is 131. The van der Waals surface area contributed by atoms with Crippen molar-refractivity contribution in [3.63, 3.8) is 0 Å². The van der Waals surface area contributed by atoms with Crippen LogP contribution in [0.15, 0.2) is 0 Å². The predicted molar refractivity (Wildman–Crippen MR) is 647 cm³/mol. The van der Waals surface area contributed by atoms with Gasteiger partial charge in [0, 0.05) is 165 Å². The van der Waals surface area contributed by atoms with Crippen molar-refractivity contribution < 1.29 is 0 Å². The molecule has 0 amide bonds. The second-order valence-electron chi connectivity index (χ2n) is 43.9. The summed E-state index contributed by atoms with van der Waals surface area (Å²) >= 11 is 85.6. The summed E-state index contributed by atoms with van der Waals surface area (Å²) in [6, 6.07) is 0. The van der Waals surface area contributed by atoms with Crippen LogP contribution >= 0.6 is 195 Å². The Morgan fingerprint density at radius 2 is 0.434 bits per heavy atom. The van der Waals surface area contributed by atoms with E-state index in [0.29, 0.717) is 19.6 Å². The lowest BCUT2D eigenvalue weighted by Crippen LogP contribution is -2.36. The van der Waals surface area contributed by atoms with Gasteiger partial charge < -0.3 is 83.0 Å². The Morgan fingerprint density at radius 3 is 0.676 bits per heavy atom. The smallest absolute Gasteiger partial charge is 0.0798 e. The molecule has 0 unspecified atom stereocenters. The minimum Gasteiger partial charge on any atom is -0.384 e. The van der Waals surface area contributed by atoms with Crippen molar-refractivity contribution in [2.45, 2.75) is 282 Å². The number of hydrogen-bond donors (Lipinski definition) is 8. The number of anilines is 8. The monoisotopic (exact) mass is 2160 g/mol. The highest BCUT2D eigenvalue weighted by molar-refractivity contribution is 7.76. The van der Waals surface area contributed by atoms with Crippen molar-refractivity contribution in [3.8, 4) is 0 Å². The first-order chi connectivity index (χ1) is 62.5. The largest absolute Gasteiger partial charge is 0.384 e. The van der Waals surface area contributed by atoms with Crippen molar-refractivity contribution in [1.29, 1.82) is 0 Å². The molecular formula is C104H176N16S16. The highest BCUT2D eigenvalue weighted by Crippen LogP contribution is 2.46. The molecule has 8 aromatic carbocycles. The molecule has 0 saturated carbocycles. The molecule has 0 aliphatic heterocycles. The molecule has 768 valence electrons. The van der Waals surface area contributed by atoms with Crippen LogP contribution in [0.2, 0.25) is 0 Å². The molecule has 8 aromatic rings. The molecule has 0 aliphatic carbocycles. The van der Waals surface area contributed by atoms with Gasteiger partial charge in [-0.2, -0.15) is 0 Å². The van der Waals surface area contributed by atoms with Gasteiger partial charge in [-0.05, 0) is 162 Å². The van der Waals surface area contributed by atoms with Crippen LogP contribution in [0, 0.1) is 72.2 Å². The number of nitrogens with zero attached hydrogens (tertiary/aromatic N) is 8. The van der Waals surface area contributed by atoms with E-state index >= 15 is 0 Å². The summed E-state index contributed by atoms with van der Waals surface area (Å²) in [6.07, 6.45) is 7.76. The summed E-state index contributed by atoms with van der Waals surface area (Å²) in [4.78, 5) is 18.4. The van der Waals surface area contributed by atoms with Crippen LogP contribution in [-0.2, 0) is 43.3 Å². The Hall–Kier alpha value is -2.56. The Kier molecular flexibility index (Phi) is 56.7. The van der Waals surface area contributed by atoms with Crippen LogP contribution in [0.1, 0.15) is 283 Å². The molecular weight excluding hydrogens is 1990 g/mol. The minimum atomic E-state index is 0.0670. The van der Waals surface area contributed by atoms with Crippen LogP contribution in [0.25, 0.3) is 0 Å². The standard InChI is InChI=1S/C17H30N2S2.C16H28N2S2.C13H22N2S2.3C12H20N2S2.2C11H18N2S2/c1-7-9-19(10-8-2)12-11-18(6)14-13(17(3,4)5)15(20)16(14)21;1-7-9-18(8-2)11-10-17(6)13-12(16(3,4)5)14(19)15(13)20;1-13(2,3)9-10(12(17)11(9)16)15(5)8-6-7-14-4;1-12(2,3)8-9(11(16)10(8)15)14(5)7-6-13-4;1-12(2,3)8-9(11(16)10(8)15)14(4)7-5-6-13;1-12(2,3)8-9(11(16)10(8)15)14-7-5-6-13-4;1-11(2,3)7-8(10(15)9(7)14)13(4)6-5-12;1-11(2,3)7-8(10(15)9(7)14)13-6-4-5-12/h7-12H2,1-6H3;7-11H2,1-6H3;14H,6-8H2,1-5H3;13H,6-7H2,1-5H3;5-7,13H2,1-4H3;13-14H,5-7H2,1-4H3;5-6,12H2,1-4H3;13H,4-6,12H2,1-3H3. The second kappa shape index (κ2) is 58.7. The van der Waals surface area contributed by atoms with Crippen molar-refractivity contribution in [3.05, 3.63) is 117 Å². The van der Waals surface area contributed by atoms with E-state index in [1.54, 1.807) is 0 Å². The van der Waals surface area contributed by atoms with Gasteiger partial charge in [-0.15, -0.1) is 0 Å². The van der Waals surface area contributed by atoms with Gasteiger partial charge in [0.1, 0.15) is 0 Å². The average Bonchev–Trinajstić information content (AvgIpc) is 0.712. The third kappa shape index (κ3) is 37.1. The van der Waals surface area contributed by atoms with Gasteiger partial charge in [-0.3, -0.25) is 0 Å². The van der Waals surface area contributed by atoms with Gasteiger partial charge in [0.25, 0.3) is 0 Å². The van der Waals surface area contributed by atoms with Gasteiger partial charge in [0.15, 0.2) is 0 Å². The summed E-state index contributed by atoms with van der Waals surface area (Å²) in [5.41, 5.74) is 36.2. The number of hydrogen-bond acceptors (Lipinski definition) is 32. The lowest BCUT2D eigenvalue weighted by atomic mass is 9.83. The molecule has 0 heterocycles. The number of nitrogens with one attached hydrogen (secondary N) is 5. The van der Waals surface area contributed by atoms with Crippen LogP contribution in [0.4, 0.5) is 45.5 Å². The zero-order valence-electron chi connectivity index (χ0n) is 90.4. The SMILES string of the molecule is CC(C)(C)c1c(NCCCN)c(=S)c1=S.CCCN(CC)CCN(C)c1c(C(C)(C)C)c(=S)c1=S.CCCN(CCC)CCN(C)c1c(C(C)(C)C)c(=S)c1=S.CN(CCCN)c1c(C(C)(C)C)c(=S)c1=S.CN(CCN)c1c(C(C)(C)C)c(=S)c1=S.CNCCCN(C)c1c(C(C)(C)C)c(=S)c1=S.CNCCCNc1c(C(C)(C)C)c(=S)c1=S.CNCCN(C)c1c(C(C)(C)C)c(=S)c1=S. The summed E-state index contributed by atoms with van der Waals surface area (Å²) < 4.78 is 13.9. The van der Waals surface area contributed by atoms with Crippen molar-refractivity contribution in [2.75, 3.05) is 234 Å². The molecule has 0 fully saturated rings. The quantitative estimate of drug-likeness (QED) is 0.0135. The molecule has 16 nitrogen and oxygen atoms in total. The first-order valence-electron chi connectivity index (χ1n) is 48.4. The fourth-order valence-electron chi connectivity index (χ4n) is 16.2. The summed E-state index contributed by atoms with van der Waals surface area (Å²) in [5, 5.41) is 16.2. The van der Waals surface area contributed by atoms with Crippen LogP contribution in [-0.4, -0.2) is 204 Å². The molecule has 8 rings (SSSR count). The van der Waals surface area contributed by atoms with Crippen molar-refractivity contribution in [2.24, 2.45) is 17.2 Å². The third-order valence-corrected chi connectivity index (χ3v) is 30.9. The lowest BCUT2D eigenvalue weighted by molar-refractivity contribution is 0.281. The molecule has 0 radical (unpaired) electrons. The summed E-state index contributed by atoms with van der Waals surface area (Å²) in [7, 11) is 18.4. The van der Waals surface area contributed by atoms with Gasteiger partial charge in [0.2, 0.25) is 0 Å². The molecule has 32 heteroatoms. The minimum absolute atomic E-state index is 0.0670. The van der Waals surface area contributed by atoms with E-state index in [-0.39, 0.29) is 43.3 Å². The van der Waals surface area contributed by atoms with E-state index < -0.39 is 0 Å². The van der Waals surface area contributed by atoms with Gasteiger partial charge >= 0.3 is 0 Å². The highest BCUT2D eigenvalue weighted by atomic mass is 32.1. The zero-order chi connectivity index (χ0) is 106. The molecule has 0 aliphatic rings. The van der Waals surface area contributed by atoms with E-state index in [9.17, 15) is 0 Å². The second-order valence-corrected chi connectivity index (χ2v) is 50.4. The summed E-state index contributed by atoms with van der Waals surface area (Å²) in [6.45, 7) is 80.7. The molecule has 0 atom stereocenters. The summed E-state index contributed by atoms with van der Waals surface area (Å²) in [5.74, 6) is 0. The number of rotatable bonds is 40. The van der Waals surface area contributed by atoms with Gasteiger partial charge in [0.05, 0.1) is 118 Å². The molecule has 0 aromatic heterocycles. The van der Waals surface area contributed by atoms with Gasteiger partial charge in [-0.25, -0.2) is 0 Å². The maximum Gasteiger partial charge on any atom is 0.0798 e. The van der Waals surface area contributed by atoms with E-state index in [1.165, 1.54) is 106 Å². The fourth-order valence-corrected chi connectivity index (χ4v) is 23.0. The molecule has 0 spiro atoms. The van der Waals surface area contributed by atoms with E-state index in [0.717, 1.165) is 212 Å².